The molecule has 0 saturated carbocycles. The number of hydrogen-bond acceptors (Lipinski definition) is 5. The molecule has 1 saturated heterocycles. The standard InChI is InChI=1S/C15H17ClN4O3/c1-19-9-17-18-14(19)13-8-20(5-6-23-13)15(21)10-3-4-11(16)12(7-10)22-2/h3-4,7,9,13H,5-6,8H2,1-2H3. The summed E-state index contributed by atoms with van der Waals surface area (Å²) >= 11 is 6.01. The van der Waals surface area contributed by atoms with Crippen LogP contribution in [0.25, 0.3) is 0 Å². The summed E-state index contributed by atoms with van der Waals surface area (Å²) in [5.41, 5.74) is 0.532. The Balaban J connectivity index is 1.78. The van der Waals surface area contributed by atoms with Gasteiger partial charge in [0.2, 0.25) is 0 Å². The zero-order chi connectivity index (χ0) is 16.4. The number of morpholine rings is 1. The fraction of sp³-hybridized carbons (Fsp3) is 0.400. The molecule has 8 heteroatoms. The van der Waals surface area contributed by atoms with Crippen LogP contribution in [-0.2, 0) is 11.8 Å². The Labute approximate surface area is 138 Å². The van der Waals surface area contributed by atoms with Crippen molar-refractivity contribution < 1.29 is 14.3 Å². The van der Waals surface area contributed by atoms with Crippen molar-refractivity contribution in [1.82, 2.24) is 19.7 Å². The van der Waals surface area contributed by atoms with Crippen LogP contribution in [0.15, 0.2) is 24.5 Å². The highest BCUT2D eigenvalue weighted by Gasteiger charge is 2.29. The molecule has 1 amide bonds. The minimum atomic E-state index is -0.283. The van der Waals surface area contributed by atoms with Crippen LogP contribution in [0.5, 0.6) is 5.75 Å². The van der Waals surface area contributed by atoms with Gasteiger partial charge in [-0.1, -0.05) is 11.6 Å². The predicted molar refractivity (Wildman–Crippen MR) is 83.6 cm³/mol. The maximum atomic E-state index is 12.7. The number of benzene rings is 1. The van der Waals surface area contributed by atoms with E-state index in [9.17, 15) is 4.79 Å². The topological polar surface area (TPSA) is 69.5 Å². The highest BCUT2D eigenvalue weighted by Crippen LogP contribution is 2.27. The van der Waals surface area contributed by atoms with Gasteiger partial charge in [0.05, 0.1) is 25.3 Å². The van der Waals surface area contributed by atoms with Crippen LogP contribution in [0.2, 0.25) is 5.02 Å². The van der Waals surface area contributed by atoms with Crippen molar-refractivity contribution in [2.24, 2.45) is 7.05 Å². The van der Waals surface area contributed by atoms with Crippen LogP contribution in [-0.4, -0.2) is 52.4 Å². The number of methoxy groups -OCH3 is 1. The molecule has 2 heterocycles. The number of ether oxygens (including phenoxy) is 2. The van der Waals surface area contributed by atoms with E-state index in [4.69, 9.17) is 21.1 Å². The van der Waals surface area contributed by atoms with Crippen molar-refractivity contribution in [2.75, 3.05) is 26.8 Å². The fourth-order valence-corrected chi connectivity index (χ4v) is 2.74. The Kier molecular flexibility index (Phi) is 4.49. The molecule has 3 rings (SSSR count). The quantitative estimate of drug-likeness (QED) is 0.853. The minimum Gasteiger partial charge on any atom is -0.495 e. The van der Waals surface area contributed by atoms with Crippen molar-refractivity contribution in [1.29, 1.82) is 0 Å². The average molecular weight is 337 g/mol. The van der Waals surface area contributed by atoms with Gasteiger partial charge in [-0.2, -0.15) is 0 Å². The van der Waals surface area contributed by atoms with Gasteiger partial charge in [-0.25, -0.2) is 0 Å². The van der Waals surface area contributed by atoms with Crippen molar-refractivity contribution in [3.8, 4) is 5.75 Å². The summed E-state index contributed by atoms with van der Waals surface area (Å²) < 4.78 is 12.7. The van der Waals surface area contributed by atoms with E-state index in [1.54, 1.807) is 34.0 Å². The van der Waals surface area contributed by atoms with Gasteiger partial charge in [-0.3, -0.25) is 4.79 Å². The van der Waals surface area contributed by atoms with Gasteiger partial charge in [0, 0.05) is 19.2 Å². The first-order valence-electron chi connectivity index (χ1n) is 7.18. The number of halogens is 1. The van der Waals surface area contributed by atoms with Gasteiger partial charge in [0.25, 0.3) is 5.91 Å². The summed E-state index contributed by atoms with van der Waals surface area (Å²) in [6.45, 7) is 1.41. The van der Waals surface area contributed by atoms with Gasteiger partial charge in [-0.05, 0) is 18.2 Å². The molecule has 0 aliphatic carbocycles. The Morgan fingerprint density at radius 1 is 1.48 bits per heavy atom. The van der Waals surface area contributed by atoms with Gasteiger partial charge < -0.3 is 18.9 Å². The largest absolute Gasteiger partial charge is 0.495 e. The van der Waals surface area contributed by atoms with Crippen molar-refractivity contribution in [3.05, 3.63) is 40.9 Å². The molecule has 122 valence electrons. The summed E-state index contributed by atoms with van der Waals surface area (Å²) in [5.74, 6) is 1.10. The van der Waals surface area contributed by atoms with E-state index >= 15 is 0 Å². The van der Waals surface area contributed by atoms with Crippen LogP contribution in [0, 0.1) is 0 Å². The summed E-state index contributed by atoms with van der Waals surface area (Å²) in [6.07, 6.45) is 1.33. The first kappa shape index (κ1) is 15.8. The zero-order valence-electron chi connectivity index (χ0n) is 12.9. The maximum absolute atomic E-state index is 12.7. The van der Waals surface area contributed by atoms with Gasteiger partial charge >= 0.3 is 0 Å². The van der Waals surface area contributed by atoms with Crippen molar-refractivity contribution in [2.45, 2.75) is 6.10 Å². The molecular formula is C15H17ClN4O3. The molecule has 7 nitrogen and oxygen atoms in total. The fourth-order valence-electron chi connectivity index (χ4n) is 2.55. The summed E-state index contributed by atoms with van der Waals surface area (Å²) in [5, 5.41) is 8.39. The third kappa shape index (κ3) is 3.16. The average Bonchev–Trinajstić information content (AvgIpc) is 3.01. The molecule has 1 aliphatic rings. The smallest absolute Gasteiger partial charge is 0.254 e. The highest BCUT2D eigenvalue weighted by molar-refractivity contribution is 6.32. The normalized spacial score (nSPS) is 18.0. The van der Waals surface area contributed by atoms with E-state index in [0.717, 1.165) is 0 Å². The van der Waals surface area contributed by atoms with Gasteiger partial charge in [-0.15, -0.1) is 10.2 Å². The molecule has 1 atom stereocenters. The molecule has 1 unspecified atom stereocenters. The molecule has 23 heavy (non-hydrogen) atoms. The Bertz CT molecular complexity index is 718. The molecule has 1 fully saturated rings. The molecule has 0 bridgehead atoms. The lowest BCUT2D eigenvalue weighted by Crippen LogP contribution is -2.42. The zero-order valence-corrected chi connectivity index (χ0v) is 13.7. The van der Waals surface area contributed by atoms with Crippen LogP contribution in [0.4, 0.5) is 0 Å². The number of carbonyl (C=O) groups is 1. The van der Waals surface area contributed by atoms with E-state index in [0.29, 0.717) is 41.9 Å². The molecule has 0 spiro atoms. The lowest BCUT2D eigenvalue weighted by molar-refractivity contribution is -0.0281. The summed E-state index contributed by atoms with van der Waals surface area (Å²) in [7, 11) is 3.37. The van der Waals surface area contributed by atoms with Crippen LogP contribution in [0.3, 0.4) is 0 Å². The molecule has 2 aromatic rings. The lowest BCUT2D eigenvalue weighted by atomic mass is 10.1. The third-order valence-electron chi connectivity index (χ3n) is 3.79. The monoisotopic (exact) mass is 336 g/mol. The van der Waals surface area contributed by atoms with Crippen LogP contribution < -0.4 is 4.74 Å². The molecular weight excluding hydrogens is 320 g/mol. The Morgan fingerprint density at radius 2 is 2.30 bits per heavy atom. The molecule has 0 N–H and O–H groups in total. The Hall–Kier alpha value is -2.12. The summed E-state index contributed by atoms with van der Waals surface area (Å²) in [6, 6.07) is 5.01. The van der Waals surface area contributed by atoms with E-state index in [2.05, 4.69) is 10.2 Å². The van der Waals surface area contributed by atoms with E-state index < -0.39 is 0 Å². The maximum Gasteiger partial charge on any atom is 0.254 e. The van der Waals surface area contributed by atoms with Crippen molar-refractivity contribution >= 4 is 17.5 Å². The second kappa shape index (κ2) is 6.55. The van der Waals surface area contributed by atoms with Crippen molar-refractivity contribution in [3.63, 3.8) is 0 Å². The second-order valence-corrected chi connectivity index (χ2v) is 5.67. The Morgan fingerprint density at radius 3 is 3.00 bits per heavy atom. The number of aryl methyl sites for hydroxylation is 1. The SMILES string of the molecule is COc1cc(C(=O)N2CCOC(c3nncn3C)C2)ccc1Cl. The number of aromatic nitrogens is 3. The van der Waals surface area contributed by atoms with E-state index in [1.807, 2.05) is 7.05 Å². The summed E-state index contributed by atoms with van der Waals surface area (Å²) in [4.78, 5) is 14.4. The minimum absolute atomic E-state index is 0.0876. The van der Waals surface area contributed by atoms with Gasteiger partial charge in [0.15, 0.2) is 5.82 Å². The van der Waals surface area contributed by atoms with E-state index in [-0.39, 0.29) is 12.0 Å². The first-order valence-corrected chi connectivity index (χ1v) is 7.56. The number of amides is 1. The number of rotatable bonds is 3. The van der Waals surface area contributed by atoms with Crippen LogP contribution >= 0.6 is 11.6 Å². The predicted octanol–water partition coefficient (Wildman–Crippen LogP) is 1.69. The molecule has 0 radical (unpaired) electrons. The first-order chi connectivity index (χ1) is 11.1. The molecule has 1 aromatic carbocycles. The highest BCUT2D eigenvalue weighted by atomic mass is 35.5. The second-order valence-electron chi connectivity index (χ2n) is 5.26. The molecule has 1 aromatic heterocycles. The number of carbonyl (C=O) groups excluding carboxylic acids is 1. The van der Waals surface area contributed by atoms with E-state index in [1.165, 1.54) is 7.11 Å². The number of hydrogen-bond donors (Lipinski definition) is 0. The van der Waals surface area contributed by atoms with Crippen LogP contribution in [0.1, 0.15) is 22.3 Å². The number of nitrogens with zero attached hydrogens (tertiary/aromatic N) is 4. The molecule has 1 aliphatic heterocycles. The third-order valence-corrected chi connectivity index (χ3v) is 4.10. The lowest BCUT2D eigenvalue weighted by Gasteiger charge is -2.32. The van der Waals surface area contributed by atoms with Gasteiger partial charge in [0.1, 0.15) is 18.2 Å².